The summed E-state index contributed by atoms with van der Waals surface area (Å²) in [4.78, 5) is 14.1. The Kier molecular flexibility index (Phi) is 7.48. The zero-order valence-corrected chi connectivity index (χ0v) is 14.2. The molecule has 0 aliphatic carbocycles. The molecule has 22 heavy (non-hydrogen) atoms. The lowest BCUT2D eigenvalue weighted by atomic mass is 10.1. The molecule has 1 atom stereocenters. The van der Waals surface area contributed by atoms with E-state index in [0.717, 1.165) is 25.1 Å². The highest BCUT2D eigenvalue weighted by Gasteiger charge is 2.22. The van der Waals surface area contributed by atoms with Crippen LogP contribution < -0.4 is 14.8 Å². The average molecular weight is 329 g/mol. The molecular formula is C16H25ClN2O3. The average Bonchev–Trinajstić information content (AvgIpc) is 3.05. The number of ether oxygens (including phenoxy) is 2. The van der Waals surface area contributed by atoms with Crippen molar-refractivity contribution in [3.05, 3.63) is 23.8 Å². The highest BCUT2D eigenvalue weighted by Crippen LogP contribution is 2.28. The first-order valence-electron chi connectivity index (χ1n) is 7.33. The van der Waals surface area contributed by atoms with E-state index in [0.29, 0.717) is 30.4 Å². The zero-order valence-electron chi connectivity index (χ0n) is 13.4. The van der Waals surface area contributed by atoms with Gasteiger partial charge in [0.05, 0.1) is 14.2 Å². The standard InChI is InChI=1S/C16H24N2O3.ClH/c1-18(13-8-9-17-11-13)16(19)7-5-12-4-6-14(20-2)15(10-12)21-3;/h4,6,10,13,17H,5,7-9,11H2,1-3H3;1H. The number of nitrogens with one attached hydrogen (secondary N) is 1. The third-order valence-electron chi connectivity index (χ3n) is 4.05. The maximum absolute atomic E-state index is 12.2. The quantitative estimate of drug-likeness (QED) is 0.866. The summed E-state index contributed by atoms with van der Waals surface area (Å²) in [6.45, 7) is 1.90. The Morgan fingerprint density at radius 2 is 2.05 bits per heavy atom. The molecule has 1 aliphatic heterocycles. The molecular weight excluding hydrogens is 304 g/mol. The maximum Gasteiger partial charge on any atom is 0.222 e. The van der Waals surface area contributed by atoms with Gasteiger partial charge in [-0.3, -0.25) is 4.79 Å². The van der Waals surface area contributed by atoms with E-state index in [1.807, 2.05) is 30.1 Å². The van der Waals surface area contributed by atoms with Gasteiger partial charge >= 0.3 is 0 Å². The predicted octanol–water partition coefficient (Wildman–Crippen LogP) is 1.88. The van der Waals surface area contributed by atoms with Crippen LogP contribution >= 0.6 is 12.4 Å². The summed E-state index contributed by atoms with van der Waals surface area (Å²) < 4.78 is 10.5. The second-order valence-electron chi connectivity index (χ2n) is 5.34. The lowest BCUT2D eigenvalue weighted by Crippen LogP contribution is -2.38. The maximum atomic E-state index is 12.2. The second-order valence-corrected chi connectivity index (χ2v) is 5.34. The van der Waals surface area contributed by atoms with Gasteiger partial charge in [0.15, 0.2) is 11.5 Å². The summed E-state index contributed by atoms with van der Waals surface area (Å²) in [5.41, 5.74) is 1.08. The van der Waals surface area contributed by atoms with Crippen LogP contribution in [0.5, 0.6) is 11.5 Å². The first-order valence-corrected chi connectivity index (χ1v) is 7.33. The minimum Gasteiger partial charge on any atom is -0.493 e. The van der Waals surface area contributed by atoms with Crippen molar-refractivity contribution in [3.63, 3.8) is 0 Å². The van der Waals surface area contributed by atoms with Gasteiger partial charge in [-0.05, 0) is 37.1 Å². The number of amides is 1. The Bertz CT molecular complexity index is 490. The number of carbonyl (C=O) groups excluding carboxylic acids is 1. The van der Waals surface area contributed by atoms with Crippen LogP contribution in [0.1, 0.15) is 18.4 Å². The van der Waals surface area contributed by atoms with E-state index in [1.54, 1.807) is 14.2 Å². The molecule has 1 aliphatic rings. The number of likely N-dealkylation sites (N-methyl/N-ethyl adjacent to an activating group) is 1. The van der Waals surface area contributed by atoms with Crippen molar-refractivity contribution in [2.24, 2.45) is 0 Å². The number of nitrogens with zero attached hydrogens (tertiary/aromatic N) is 1. The van der Waals surface area contributed by atoms with Gasteiger partial charge in [-0.2, -0.15) is 0 Å². The van der Waals surface area contributed by atoms with E-state index in [-0.39, 0.29) is 18.3 Å². The molecule has 0 saturated carbocycles. The number of hydrogen-bond donors (Lipinski definition) is 1. The van der Waals surface area contributed by atoms with Crippen molar-refractivity contribution >= 4 is 18.3 Å². The lowest BCUT2D eigenvalue weighted by Gasteiger charge is -2.23. The number of benzene rings is 1. The molecule has 6 heteroatoms. The van der Waals surface area contributed by atoms with Crippen molar-refractivity contribution in [2.75, 3.05) is 34.4 Å². The molecule has 0 bridgehead atoms. The van der Waals surface area contributed by atoms with Crippen LogP contribution in [0.4, 0.5) is 0 Å². The molecule has 1 fully saturated rings. The lowest BCUT2D eigenvalue weighted by molar-refractivity contribution is -0.131. The molecule has 1 aromatic rings. The SMILES string of the molecule is COc1ccc(CCC(=O)N(C)C2CCNC2)cc1OC.Cl. The molecule has 1 unspecified atom stereocenters. The van der Waals surface area contributed by atoms with Crippen molar-refractivity contribution in [1.82, 2.24) is 10.2 Å². The van der Waals surface area contributed by atoms with Gasteiger partial charge in [0, 0.05) is 26.1 Å². The van der Waals surface area contributed by atoms with Gasteiger partial charge in [0.25, 0.3) is 0 Å². The minimum atomic E-state index is 0. The van der Waals surface area contributed by atoms with Crippen LogP contribution in [-0.2, 0) is 11.2 Å². The van der Waals surface area contributed by atoms with Gasteiger partial charge in [-0.1, -0.05) is 6.07 Å². The van der Waals surface area contributed by atoms with Gasteiger partial charge in [0.1, 0.15) is 0 Å². The van der Waals surface area contributed by atoms with E-state index in [9.17, 15) is 4.79 Å². The zero-order chi connectivity index (χ0) is 15.2. The first-order chi connectivity index (χ1) is 10.2. The molecule has 2 rings (SSSR count). The number of methoxy groups -OCH3 is 2. The Hall–Kier alpha value is -1.46. The first kappa shape index (κ1) is 18.6. The Labute approximate surface area is 138 Å². The van der Waals surface area contributed by atoms with E-state index < -0.39 is 0 Å². The topological polar surface area (TPSA) is 50.8 Å². The fourth-order valence-corrected chi connectivity index (χ4v) is 2.64. The van der Waals surface area contributed by atoms with E-state index >= 15 is 0 Å². The highest BCUT2D eigenvalue weighted by atomic mass is 35.5. The van der Waals surface area contributed by atoms with Crippen LogP contribution in [0, 0.1) is 0 Å². The van der Waals surface area contributed by atoms with Crippen molar-refractivity contribution in [1.29, 1.82) is 0 Å². The molecule has 5 nitrogen and oxygen atoms in total. The number of aryl methyl sites for hydroxylation is 1. The van der Waals surface area contributed by atoms with E-state index in [4.69, 9.17) is 9.47 Å². The van der Waals surface area contributed by atoms with Gasteiger partial charge < -0.3 is 19.7 Å². The summed E-state index contributed by atoms with van der Waals surface area (Å²) in [6.07, 6.45) is 2.27. The molecule has 1 heterocycles. The van der Waals surface area contributed by atoms with E-state index in [2.05, 4.69) is 5.32 Å². The van der Waals surface area contributed by atoms with Gasteiger partial charge in [-0.25, -0.2) is 0 Å². The molecule has 0 radical (unpaired) electrons. The largest absolute Gasteiger partial charge is 0.493 e. The molecule has 0 aromatic heterocycles. The number of rotatable bonds is 6. The summed E-state index contributed by atoms with van der Waals surface area (Å²) in [6, 6.07) is 6.13. The fourth-order valence-electron chi connectivity index (χ4n) is 2.64. The van der Waals surface area contributed by atoms with Crippen LogP contribution in [0.2, 0.25) is 0 Å². The van der Waals surface area contributed by atoms with Crippen molar-refractivity contribution in [3.8, 4) is 11.5 Å². The fraction of sp³-hybridized carbons (Fsp3) is 0.562. The third kappa shape index (κ3) is 4.52. The van der Waals surface area contributed by atoms with E-state index in [1.165, 1.54) is 0 Å². The Morgan fingerprint density at radius 3 is 2.64 bits per heavy atom. The number of carbonyl (C=O) groups is 1. The number of hydrogen-bond acceptors (Lipinski definition) is 4. The summed E-state index contributed by atoms with van der Waals surface area (Å²) >= 11 is 0. The third-order valence-corrected chi connectivity index (χ3v) is 4.05. The van der Waals surface area contributed by atoms with Crippen molar-refractivity contribution in [2.45, 2.75) is 25.3 Å². The predicted molar refractivity (Wildman–Crippen MR) is 89.2 cm³/mol. The molecule has 1 saturated heterocycles. The van der Waals surface area contributed by atoms with Crippen LogP contribution in [0.25, 0.3) is 0 Å². The normalized spacial score (nSPS) is 16.8. The van der Waals surface area contributed by atoms with Crippen LogP contribution in [-0.4, -0.2) is 51.2 Å². The monoisotopic (exact) mass is 328 g/mol. The molecule has 124 valence electrons. The minimum absolute atomic E-state index is 0. The molecule has 1 N–H and O–H groups in total. The van der Waals surface area contributed by atoms with Gasteiger partial charge in [0.2, 0.25) is 5.91 Å². The summed E-state index contributed by atoms with van der Waals surface area (Å²) in [7, 11) is 5.13. The van der Waals surface area contributed by atoms with Crippen LogP contribution in [0.15, 0.2) is 18.2 Å². The summed E-state index contributed by atoms with van der Waals surface area (Å²) in [5, 5.41) is 3.29. The van der Waals surface area contributed by atoms with Crippen molar-refractivity contribution < 1.29 is 14.3 Å². The van der Waals surface area contributed by atoms with Gasteiger partial charge in [-0.15, -0.1) is 12.4 Å². The smallest absolute Gasteiger partial charge is 0.222 e. The molecule has 1 amide bonds. The summed E-state index contributed by atoms with van der Waals surface area (Å²) in [5.74, 6) is 1.61. The number of halogens is 1. The second kappa shape index (κ2) is 8.86. The molecule has 0 spiro atoms. The molecule has 1 aromatic carbocycles. The highest BCUT2D eigenvalue weighted by molar-refractivity contribution is 5.85. The Morgan fingerprint density at radius 1 is 1.32 bits per heavy atom. The van der Waals surface area contributed by atoms with Crippen LogP contribution in [0.3, 0.4) is 0 Å². The Balaban J connectivity index is 0.00000242.